The summed E-state index contributed by atoms with van der Waals surface area (Å²) >= 11 is 1.85. The molecule has 15 aromatic rings. The van der Waals surface area contributed by atoms with Gasteiger partial charge in [-0.3, -0.25) is 19.2 Å². The Morgan fingerprint density at radius 1 is 0.402 bits per heavy atom. The highest BCUT2D eigenvalue weighted by molar-refractivity contribution is 7.99. The summed E-state index contributed by atoms with van der Waals surface area (Å²) < 4.78 is 97.1. The summed E-state index contributed by atoms with van der Waals surface area (Å²) in [5.41, 5.74) is 14.7. The minimum atomic E-state index is -3.57. The number of para-hydroxylation sites is 3. The number of aliphatic carboxylic acids is 4. The highest BCUT2D eigenvalue weighted by atomic mass is 32.2. The van der Waals surface area contributed by atoms with Crippen LogP contribution in [0.15, 0.2) is 216 Å². The van der Waals surface area contributed by atoms with Gasteiger partial charge >= 0.3 is 23.9 Å². The zero-order valence-corrected chi connectivity index (χ0v) is 73.0. The molecule has 0 spiro atoms. The molecule has 7 aromatic heterocycles. The molecule has 0 bridgehead atoms. The molecule has 127 heavy (non-hydrogen) atoms. The molecule has 0 atom stereocenters. The van der Waals surface area contributed by atoms with E-state index in [4.69, 9.17) is 14.7 Å². The molecule has 0 unspecified atom stereocenters. The molecule has 3 saturated carbocycles. The number of benzene rings is 8. The summed E-state index contributed by atoms with van der Waals surface area (Å²) in [6, 6.07) is 62.1. The number of fused-ring (bicyclic) bond motifs is 7. The van der Waals surface area contributed by atoms with Gasteiger partial charge < -0.3 is 48.7 Å². The second-order valence-corrected chi connectivity index (χ2v) is 37.3. The van der Waals surface area contributed by atoms with Crippen LogP contribution in [0, 0.1) is 57.9 Å². The van der Waals surface area contributed by atoms with Gasteiger partial charge in [0.25, 0.3) is 0 Å². The number of aryl methyl sites for hydroxylation is 1. The van der Waals surface area contributed by atoms with Crippen LogP contribution >= 0.6 is 11.8 Å². The lowest BCUT2D eigenvalue weighted by Crippen LogP contribution is -2.38. The number of sulfonamides is 1. The number of carboxylic acid groups (broad SMARTS) is 4. The Hall–Kier alpha value is -12.4. The number of hydrogen-bond acceptors (Lipinski definition) is 12. The molecule has 1 aliphatic heterocycles. The first kappa shape index (κ1) is 88.1. The summed E-state index contributed by atoms with van der Waals surface area (Å²) in [6.45, 7) is 9.77. The summed E-state index contributed by atoms with van der Waals surface area (Å²) in [6.07, 6.45) is 12.9. The summed E-state index contributed by atoms with van der Waals surface area (Å²) in [4.78, 5) is 60.0. The van der Waals surface area contributed by atoms with Crippen LogP contribution in [-0.2, 0) is 55.4 Å². The Balaban J connectivity index is 0.000000125. The first-order valence-corrected chi connectivity index (χ1v) is 45.7. The Kier molecular flexibility index (Phi) is 26.4. The maximum absolute atomic E-state index is 14.1. The van der Waals surface area contributed by atoms with Crippen molar-refractivity contribution in [2.45, 2.75) is 202 Å². The summed E-state index contributed by atoms with van der Waals surface area (Å²) in [5.74, 6) is -2.47. The number of anilines is 1. The fourth-order valence-electron chi connectivity index (χ4n) is 20.0. The maximum atomic E-state index is 14.1. The number of nitrogens with one attached hydrogen (secondary N) is 1. The smallest absolute Gasteiger partial charge is 0.323 e. The molecule has 8 heterocycles. The number of ether oxygens (including phenoxy) is 1. The Labute approximate surface area is 737 Å². The van der Waals surface area contributed by atoms with Crippen LogP contribution in [0.5, 0.6) is 5.88 Å². The van der Waals surface area contributed by atoms with Crippen LogP contribution in [0.4, 0.5) is 23.4 Å². The van der Waals surface area contributed by atoms with Crippen molar-refractivity contribution in [3.8, 4) is 5.88 Å². The van der Waals surface area contributed by atoms with E-state index in [2.05, 4.69) is 40.6 Å². The van der Waals surface area contributed by atoms with E-state index in [1.165, 1.54) is 40.7 Å². The van der Waals surface area contributed by atoms with Gasteiger partial charge in [0, 0.05) is 113 Å². The first-order valence-electron chi connectivity index (χ1n) is 43.4. The van der Waals surface area contributed by atoms with E-state index in [0.717, 1.165) is 204 Å². The third-order valence-corrected chi connectivity index (χ3v) is 29.1. The minimum absolute atomic E-state index is 0.0308. The molecule has 5 N–H and O–H groups in total. The lowest BCUT2D eigenvalue weighted by Gasteiger charge is -2.31. The fourth-order valence-corrected chi connectivity index (χ4v) is 22.8. The molecule has 26 heteroatoms. The highest BCUT2D eigenvalue weighted by Gasteiger charge is 2.36. The molecule has 1 saturated heterocycles. The predicted octanol–water partition coefficient (Wildman–Crippen LogP) is 22.3. The van der Waals surface area contributed by atoms with Crippen LogP contribution < -0.4 is 10.1 Å². The molecule has 20 nitrogen and oxygen atoms in total. The van der Waals surface area contributed by atoms with E-state index in [9.17, 15) is 65.6 Å². The Morgan fingerprint density at radius 3 is 1.19 bits per heavy atom. The van der Waals surface area contributed by atoms with E-state index in [0.29, 0.717) is 64.8 Å². The summed E-state index contributed by atoms with van der Waals surface area (Å²) in [5, 5.41) is 49.1. The molecule has 656 valence electrons. The molecule has 4 fully saturated rings. The largest absolute Gasteiger partial charge is 0.480 e. The van der Waals surface area contributed by atoms with E-state index in [1.54, 1.807) is 68.3 Å². The zero-order chi connectivity index (χ0) is 89.1. The van der Waals surface area contributed by atoms with E-state index in [-0.39, 0.29) is 73.3 Å². The zero-order valence-electron chi connectivity index (χ0n) is 71.4. The number of nitrogens with zero attached hydrogens (tertiary/aromatic N) is 8. The van der Waals surface area contributed by atoms with Crippen LogP contribution in [0.1, 0.15) is 164 Å². The van der Waals surface area contributed by atoms with Gasteiger partial charge in [-0.25, -0.2) is 40.9 Å². The lowest BCUT2D eigenvalue weighted by atomic mass is 9.80. The van der Waals surface area contributed by atoms with Gasteiger partial charge in [0.1, 0.15) is 61.4 Å². The van der Waals surface area contributed by atoms with Gasteiger partial charge in [0.15, 0.2) is 0 Å². The van der Waals surface area contributed by atoms with Gasteiger partial charge in [0.2, 0.25) is 15.9 Å². The topological polar surface area (TPSA) is 266 Å². The van der Waals surface area contributed by atoms with Crippen molar-refractivity contribution in [1.29, 1.82) is 0 Å². The van der Waals surface area contributed by atoms with Crippen LogP contribution in [0.2, 0.25) is 0 Å². The number of pyridine rings is 3. The van der Waals surface area contributed by atoms with Crippen molar-refractivity contribution in [3.05, 3.63) is 280 Å². The number of halogens is 4. The Bertz CT molecular complexity index is 6310. The SMILES string of the molecule is Cc1c(C2CCC(Nc3ccc4ccccc4n3)CC2)c2cc(F)ccc2n1CC(=O)O.Cc1c(C2CCC(Oc3ccc4ccccc4n3)CC2)c2cc(F)ccc2n1CC(=O)O.Cc1c(C2CCC(Sc3ccc4ccccc4n3)CC2)c2cc(F)ccc2n1CC(=O)O.Cc1cccc(S(=O)(=O)N2CCC(c3c(C)n(CC(=O)O)c4ccc(F)cc34)CC2)c1. The second-order valence-electron chi connectivity index (χ2n) is 34.0. The number of piperidine rings is 1. The number of carbonyl (C=O) groups is 4. The molecule has 8 aromatic carbocycles. The molecular weight excluding hydrogens is 1660 g/mol. The van der Waals surface area contributed by atoms with Crippen LogP contribution in [0.25, 0.3) is 76.3 Å². The van der Waals surface area contributed by atoms with Crippen LogP contribution in [-0.4, -0.2) is 121 Å². The van der Waals surface area contributed by atoms with Crippen LogP contribution in [0.3, 0.4) is 0 Å². The van der Waals surface area contributed by atoms with E-state index < -0.39 is 33.9 Å². The normalized spacial score (nSPS) is 18.2. The molecule has 4 aliphatic rings. The summed E-state index contributed by atoms with van der Waals surface area (Å²) in [7, 11) is -3.57. The van der Waals surface area contributed by atoms with Gasteiger partial charge in [0.05, 0.1) is 26.5 Å². The second kappa shape index (κ2) is 38.0. The van der Waals surface area contributed by atoms with Crippen molar-refractivity contribution < 1.29 is 70.3 Å². The van der Waals surface area contributed by atoms with Gasteiger partial charge in [-0.2, -0.15) is 4.31 Å². The van der Waals surface area contributed by atoms with Crippen molar-refractivity contribution >= 4 is 128 Å². The molecule has 0 amide bonds. The molecule has 3 aliphatic carbocycles. The number of carboxylic acids is 4. The van der Waals surface area contributed by atoms with Gasteiger partial charge in [-0.15, -0.1) is 11.8 Å². The fraction of sp³-hybridized carbons (Fsp3) is 0.317. The number of rotatable bonds is 20. The third-order valence-electron chi connectivity index (χ3n) is 26.0. The maximum Gasteiger partial charge on any atom is 0.323 e. The van der Waals surface area contributed by atoms with Gasteiger partial charge in [-0.05, 0) is 303 Å². The number of aromatic nitrogens is 7. The minimum Gasteiger partial charge on any atom is -0.480 e. The monoisotopic (exact) mass is 1760 g/mol. The van der Waals surface area contributed by atoms with Crippen molar-refractivity contribution in [2.24, 2.45) is 0 Å². The predicted molar refractivity (Wildman–Crippen MR) is 489 cm³/mol. The number of hydrogen-bond donors (Lipinski definition) is 5. The molecule has 0 radical (unpaired) electrons. The van der Waals surface area contributed by atoms with E-state index >= 15 is 0 Å². The Morgan fingerprint density at radius 2 is 0.772 bits per heavy atom. The van der Waals surface area contributed by atoms with Crippen molar-refractivity contribution in [2.75, 3.05) is 18.4 Å². The quantitative estimate of drug-likeness (QED) is 0.0444. The van der Waals surface area contributed by atoms with E-state index in [1.807, 2.05) is 136 Å². The van der Waals surface area contributed by atoms with Crippen molar-refractivity contribution in [3.63, 3.8) is 0 Å². The van der Waals surface area contributed by atoms with Crippen molar-refractivity contribution in [1.82, 2.24) is 37.5 Å². The third kappa shape index (κ3) is 19.5. The van der Waals surface area contributed by atoms with Gasteiger partial charge in [-0.1, -0.05) is 72.8 Å². The highest BCUT2D eigenvalue weighted by Crippen LogP contribution is 2.47. The average Bonchev–Trinajstić information content (AvgIpc) is 1.63. The average molecular weight is 1760 g/mol. The standard InChI is InChI=1S/C26H26FN3O2.C26H25FN2O3.C26H25FN2O2S.C23H25FN2O4S/c1-16-26(21-14-19(27)9-12-23(21)30(16)15-25(31)32)18-6-10-20(11-7-18)28-24-13-8-17-4-2-3-5-22(17)29-24;2*1-16-26(21-14-19(27)9-12-23(21)29(16)15-25(30)31)18-6-10-20(11-7-18)32-24-13-8-17-4-2-3-5-22(17)28-24;1-15-4-3-5-19(12-15)31(29,30)25-10-8-17(9-11-25)23-16(2)26(14-22(27)28)21-7-6-18(24)13-20(21)23/h2-5,8-9,12-14,18,20H,6-7,10-11,15H2,1H3,(H,28,29)(H,31,32);2*2-5,8-9,12-14,18,20H,6-7,10-11,15H2,1H3,(H,30,31);3-7,12-13,17H,8-11,14H2,1-2H3,(H,27,28). The number of thioether (sulfide) groups is 1. The molecule has 19 rings (SSSR count). The first-order chi connectivity index (χ1) is 61.2. The molecular formula is C101H101F4N9O11S2. The lowest BCUT2D eigenvalue weighted by molar-refractivity contribution is -0.138.